The molecule has 0 spiro atoms. The van der Waals surface area contributed by atoms with Gasteiger partial charge in [-0.25, -0.2) is 0 Å². The lowest BCUT2D eigenvalue weighted by molar-refractivity contribution is -0.384. The second kappa shape index (κ2) is 9.06. The summed E-state index contributed by atoms with van der Waals surface area (Å²) in [6.07, 6.45) is 0. The lowest BCUT2D eigenvalue weighted by Crippen LogP contribution is -2.14. The van der Waals surface area contributed by atoms with Crippen molar-refractivity contribution in [2.75, 3.05) is 11.1 Å². The van der Waals surface area contributed by atoms with Gasteiger partial charge >= 0.3 is 0 Å². The van der Waals surface area contributed by atoms with E-state index in [1.165, 1.54) is 30.0 Å². The number of nitro groups is 1. The summed E-state index contributed by atoms with van der Waals surface area (Å²) in [7, 11) is 0. The molecule has 0 atom stereocenters. The zero-order valence-corrected chi connectivity index (χ0v) is 17.3. The highest BCUT2D eigenvalue weighted by Gasteiger charge is 2.16. The number of halogens is 1. The average Bonchev–Trinajstić information content (AvgIpc) is 3.11. The maximum absolute atomic E-state index is 12.2. The van der Waals surface area contributed by atoms with Crippen molar-refractivity contribution in [3.8, 4) is 11.4 Å². The van der Waals surface area contributed by atoms with Crippen LogP contribution in [0.4, 0.5) is 11.4 Å². The number of aryl methyl sites for hydroxylation is 1. The van der Waals surface area contributed by atoms with Crippen molar-refractivity contribution in [3.63, 3.8) is 0 Å². The fraction of sp³-hybridized carbons (Fsp3) is 0.211. The molecule has 10 heteroatoms. The number of aromatic nitrogens is 3. The van der Waals surface area contributed by atoms with Crippen LogP contribution in [0.5, 0.6) is 0 Å². The predicted molar refractivity (Wildman–Crippen MR) is 113 cm³/mol. The molecule has 0 aliphatic rings. The van der Waals surface area contributed by atoms with E-state index in [-0.39, 0.29) is 17.3 Å². The number of carbonyl (C=O) groups excluding carboxylic acids is 1. The molecule has 29 heavy (non-hydrogen) atoms. The van der Waals surface area contributed by atoms with Crippen LogP contribution in [0.15, 0.2) is 47.6 Å². The van der Waals surface area contributed by atoms with E-state index in [2.05, 4.69) is 15.5 Å². The largest absolute Gasteiger partial charge is 0.325 e. The third-order valence-corrected chi connectivity index (χ3v) is 5.51. The van der Waals surface area contributed by atoms with Crippen LogP contribution in [-0.4, -0.2) is 31.3 Å². The van der Waals surface area contributed by atoms with Crippen molar-refractivity contribution in [1.82, 2.24) is 14.8 Å². The number of rotatable bonds is 7. The predicted octanol–water partition coefficient (Wildman–Crippen LogP) is 4.57. The maximum Gasteiger partial charge on any atom is 0.271 e. The summed E-state index contributed by atoms with van der Waals surface area (Å²) in [5, 5.41) is 23.2. The fourth-order valence-corrected chi connectivity index (χ4v) is 3.63. The Balaban J connectivity index is 1.70. The number of amides is 1. The van der Waals surface area contributed by atoms with Crippen LogP contribution >= 0.6 is 23.4 Å². The van der Waals surface area contributed by atoms with Gasteiger partial charge in [0.15, 0.2) is 11.0 Å². The monoisotopic (exact) mass is 431 g/mol. The van der Waals surface area contributed by atoms with Crippen molar-refractivity contribution in [3.05, 3.63) is 63.2 Å². The van der Waals surface area contributed by atoms with E-state index >= 15 is 0 Å². The molecule has 0 fully saturated rings. The smallest absolute Gasteiger partial charge is 0.271 e. The number of hydrogen-bond acceptors (Lipinski definition) is 6. The Morgan fingerprint density at radius 2 is 2.07 bits per heavy atom. The number of hydrogen-bond donors (Lipinski definition) is 1. The van der Waals surface area contributed by atoms with E-state index in [1.54, 1.807) is 6.07 Å². The molecule has 2 aromatic carbocycles. The van der Waals surface area contributed by atoms with E-state index < -0.39 is 4.92 Å². The van der Waals surface area contributed by atoms with E-state index in [0.29, 0.717) is 28.2 Å². The Bertz CT molecular complexity index is 1070. The molecule has 3 rings (SSSR count). The standard InChI is InChI=1S/C19H18ClN5O3S/c1-3-24-18(13-8-7-12(2)16(20)9-13)22-23-19(24)29-11-17(26)21-14-5-4-6-15(10-14)25(27)28/h4-10H,3,11H2,1-2H3,(H,21,26). The Kier molecular flexibility index (Phi) is 6.50. The first-order valence-electron chi connectivity index (χ1n) is 8.76. The molecule has 0 bridgehead atoms. The second-order valence-corrected chi connectivity index (χ2v) is 7.51. The van der Waals surface area contributed by atoms with Crippen molar-refractivity contribution in [2.45, 2.75) is 25.5 Å². The molecule has 1 aromatic heterocycles. The summed E-state index contributed by atoms with van der Waals surface area (Å²) >= 11 is 7.46. The van der Waals surface area contributed by atoms with Crippen LogP contribution in [-0.2, 0) is 11.3 Å². The molecule has 1 heterocycles. The number of nitrogens with one attached hydrogen (secondary N) is 1. The zero-order valence-electron chi connectivity index (χ0n) is 15.8. The topological polar surface area (TPSA) is 103 Å². The number of nitrogens with zero attached hydrogens (tertiary/aromatic N) is 4. The van der Waals surface area contributed by atoms with Crippen LogP contribution in [0.25, 0.3) is 11.4 Å². The minimum Gasteiger partial charge on any atom is -0.325 e. The van der Waals surface area contributed by atoms with Crippen molar-refractivity contribution < 1.29 is 9.72 Å². The Hall–Kier alpha value is -2.91. The number of anilines is 1. The summed E-state index contributed by atoms with van der Waals surface area (Å²) in [6, 6.07) is 11.5. The first-order valence-corrected chi connectivity index (χ1v) is 10.1. The van der Waals surface area contributed by atoms with E-state index in [0.717, 1.165) is 11.1 Å². The molecule has 150 valence electrons. The average molecular weight is 432 g/mol. The normalized spacial score (nSPS) is 10.7. The second-order valence-electron chi connectivity index (χ2n) is 6.16. The van der Waals surface area contributed by atoms with Crippen molar-refractivity contribution >= 4 is 40.6 Å². The van der Waals surface area contributed by atoms with Gasteiger partial charge in [0, 0.05) is 35.0 Å². The van der Waals surface area contributed by atoms with Crippen LogP contribution in [0.2, 0.25) is 5.02 Å². The Morgan fingerprint density at radius 1 is 1.28 bits per heavy atom. The van der Waals surface area contributed by atoms with Gasteiger partial charge in [-0.05, 0) is 31.5 Å². The summed E-state index contributed by atoms with van der Waals surface area (Å²) in [5.74, 6) is 0.479. The van der Waals surface area contributed by atoms with E-state index in [4.69, 9.17) is 11.6 Å². The van der Waals surface area contributed by atoms with Gasteiger partial charge in [0.05, 0.1) is 10.7 Å². The third kappa shape index (κ3) is 4.93. The number of non-ortho nitro benzene ring substituents is 1. The molecule has 0 saturated carbocycles. The molecule has 1 amide bonds. The van der Waals surface area contributed by atoms with Gasteiger partial charge in [-0.3, -0.25) is 14.9 Å². The van der Waals surface area contributed by atoms with Crippen LogP contribution in [0.1, 0.15) is 12.5 Å². The van der Waals surface area contributed by atoms with Gasteiger partial charge in [-0.1, -0.05) is 41.6 Å². The van der Waals surface area contributed by atoms with Crippen LogP contribution < -0.4 is 5.32 Å². The molecule has 0 saturated heterocycles. The zero-order chi connectivity index (χ0) is 21.0. The van der Waals surface area contributed by atoms with E-state index in [9.17, 15) is 14.9 Å². The SMILES string of the molecule is CCn1c(SCC(=O)Nc2cccc([N+](=O)[O-])c2)nnc1-c1ccc(C)c(Cl)c1. The number of carbonyl (C=O) groups is 1. The van der Waals surface area contributed by atoms with E-state index in [1.807, 2.05) is 36.6 Å². The summed E-state index contributed by atoms with van der Waals surface area (Å²) < 4.78 is 1.91. The highest BCUT2D eigenvalue weighted by Crippen LogP contribution is 2.27. The Morgan fingerprint density at radius 3 is 2.76 bits per heavy atom. The number of nitro benzene ring substituents is 1. The molecular weight excluding hydrogens is 414 g/mol. The first kappa shape index (κ1) is 20.8. The molecule has 3 aromatic rings. The molecule has 1 N–H and O–H groups in total. The molecule has 8 nitrogen and oxygen atoms in total. The quantitative estimate of drug-likeness (QED) is 0.334. The van der Waals surface area contributed by atoms with Crippen molar-refractivity contribution in [1.29, 1.82) is 0 Å². The maximum atomic E-state index is 12.2. The van der Waals surface area contributed by atoms with Gasteiger partial charge in [0.25, 0.3) is 5.69 Å². The molecular formula is C19H18ClN5O3S. The summed E-state index contributed by atoms with van der Waals surface area (Å²) in [6.45, 7) is 4.52. The highest BCUT2D eigenvalue weighted by molar-refractivity contribution is 7.99. The number of thioether (sulfide) groups is 1. The summed E-state index contributed by atoms with van der Waals surface area (Å²) in [4.78, 5) is 22.6. The van der Waals surface area contributed by atoms with Crippen LogP contribution in [0.3, 0.4) is 0 Å². The van der Waals surface area contributed by atoms with Crippen LogP contribution in [0, 0.1) is 17.0 Å². The molecule has 0 radical (unpaired) electrons. The van der Waals surface area contributed by atoms with Gasteiger partial charge in [0.1, 0.15) is 0 Å². The molecule has 0 unspecified atom stereocenters. The lowest BCUT2D eigenvalue weighted by atomic mass is 10.1. The Labute approximate surface area is 176 Å². The number of benzene rings is 2. The molecule has 0 aliphatic heterocycles. The van der Waals surface area contributed by atoms with Gasteiger partial charge in [-0.15, -0.1) is 10.2 Å². The third-order valence-electron chi connectivity index (χ3n) is 4.14. The van der Waals surface area contributed by atoms with Gasteiger partial charge < -0.3 is 9.88 Å². The summed E-state index contributed by atoms with van der Waals surface area (Å²) in [5.41, 5.74) is 2.12. The van der Waals surface area contributed by atoms with Gasteiger partial charge in [0.2, 0.25) is 5.91 Å². The minimum absolute atomic E-state index is 0.0809. The fourth-order valence-electron chi connectivity index (χ4n) is 2.65. The van der Waals surface area contributed by atoms with Gasteiger partial charge in [-0.2, -0.15) is 0 Å². The molecule has 0 aliphatic carbocycles. The first-order chi connectivity index (χ1) is 13.9. The van der Waals surface area contributed by atoms with Crippen molar-refractivity contribution in [2.24, 2.45) is 0 Å². The minimum atomic E-state index is -0.507. The highest BCUT2D eigenvalue weighted by atomic mass is 35.5. The lowest BCUT2D eigenvalue weighted by Gasteiger charge is -2.09.